The molecule has 3 aliphatic heterocycles. The Labute approximate surface area is 109 Å². The summed E-state index contributed by atoms with van der Waals surface area (Å²) in [4.78, 5) is 9.39. The smallest absolute Gasteiger partial charge is 0.191 e. The van der Waals surface area contributed by atoms with Crippen LogP contribution >= 0.6 is 0 Å². The molecule has 2 saturated heterocycles. The standard InChI is InChI=1S/C13H24N4O/c1-16-10-3-4-11(16)8-13(7-10)9-15-12(14)17(13)5-6-18-2/h10-11H,3-9H2,1-2H3,(H2,14,15). The number of piperidine rings is 1. The Morgan fingerprint density at radius 3 is 2.67 bits per heavy atom. The number of hydrogen-bond donors (Lipinski definition) is 1. The molecule has 3 aliphatic rings. The van der Waals surface area contributed by atoms with Crippen molar-refractivity contribution in [2.75, 3.05) is 33.9 Å². The van der Waals surface area contributed by atoms with Crippen LogP contribution in [-0.4, -0.2) is 67.2 Å². The lowest BCUT2D eigenvalue weighted by Crippen LogP contribution is -2.60. The van der Waals surface area contributed by atoms with Crippen LogP contribution in [0.25, 0.3) is 0 Å². The lowest BCUT2D eigenvalue weighted by Gasteiger charge is -2.48. The molecule has 0 aromatic heterocycles. The second-order valence-corrected chi connectivity index (χ2v) is 6.00. The number of nitrogens with two attached hydrogens (primary N) is 1. The third-order valence-corrected chi connectivity index (χ3v) is 5.12. The van der Waals surface area contributed by atoms with Gasteiger partial charge in [-0.05, 0) is 32.7 Å². The van der Waals surface area contributed by atoms with Crippen molar-refractivity contribution in [1.29, 1.82) is 0 Å². The summed E-state index contributed by atoms with van der Waals surface area (Å²) in [5.74, 6) is 0.719. The molecule has 0 aliphatic carbocycles. The molecular formula is C13H24N4O. The van der Waals surface area contributed by atoms with Crippen LogP contribution in [0.4, 0.5) is 0 Å². The van der Waals surface area contributed by atoms with E-state index in [0.29, 0.717) is 0 Å². The van der Waals surface area contributed by atoms with Crippen LogP contribution in [0.2, 0.25) is 0 Å². The summed E-state index contributed by atoms with van der Waals surface area (Å²) in [6, 6.07) is 1.43. The number of guanidine groups is 1. The quantitative estimate of drug-likeness (QED) is 0.783. The van der Waals surface area contributed by atoms with Gasteiger partial charge in [0.2, 0.25) is 0 Å². The van der Waals surface area contributed by atoms with Crippen molar-refractivity contribution in [1.82, 2.24) is 9.80 Å². The van der Waals surface area contributed by atoms with Crippen LogP contribution in [0.3, 0.4) is 0 Å². The predicted octanol–water partition coefficient (Wildman–Crippen LogP) is 0.259. The number of rotatable bonds is 3. The number of fused-ring (bicyclic) bond motifs is 2. The van der Waals surface area contributed by atoms with Crippen LogP contribution in [0.1, 0.15) is 25.7 Å². The summed E-state index contributed by atoms with van der Waals surface area (Å²) >= 11 is 0. The molecule has 3 heterocycles. The summed E-state index contributed by atoms with van der Waals surface area (Å²) in [5.41, 5.74) is 6.26. The molecule has 5 nitrogen and oxygen atoms in total. The molecule has 0 amide bonds. The zero-order chi connectivity index (χ0) is 12.8. The van der Waals surface area contributed by atoms with E-state index in [2.05, 4.69) is 21.8 Å². The van der Waals surface area contributed by atoms with Gasteiger partial charge in [-0.2, -0.15) is 0 Å². The minimum atomic E-state index is 0.182. The largest absolute Gasteiger partial charge is 0.383 e. The van der Waals surface area contributed by atoms with Crippen molar-refractivity contribution in [2.24, 2.45) is 10.7 Å². The minimum absolute atomic E-state index is 0.182. The molecule has 18 heavy (non-hydrogen) atoms. The van der Waals surface area contributed by atoms with E-state index in [1.807, 2.05) is 0 Å². The number of aliphatic imine (C=N–C) groups is 1. The maximum absolute atomic E-state index is 6.08. The van der Waals surface area contributed by atoms with E-state index < -0.39 is 0 Å². The molecular weight excluding hydrogens is 228 g/mol. The van der Waals surface area contributed by atoms with E-state index in [1.54, 1.807) is 7.11 Å². The van der Waals surface area contributed by atoms with E-state index in [0.717, 1.165) is 37.7 Å². The van der Waals surface area contributed by atoms with Gasteiger partial charge in [-0.15, -0.1) is 0 Å². The summed E-state index contributed by atoms with van der Waals surface area (Å²) < 4.78 is 5.21. The zero-order valence-electron chi connectivity index (χ0n) is 11.4. The van der Waals surface area contributed by atoms with Crippen molar-refractivity contribution in [2.45, 2.75) is 43.3 Å². The molecule has 5 heteroatoms. The number of nitrogens with zero attached hydrogens (tertiary/aromatic N) is 3. The highest BCUT2D eigenvalue weighted by Gasteiger charge is 2.52. The second kappa shape index (κ2) is 4.38. The molecule has 1 spiro atoms. The highest BCUT2D eigenvalue weighted by Crippen LogP contribution is 2.44. The molecule has 3 rings (SSSR count). The SMILES string of the molecule is COCCN1C(N)=NCC12CC1CCC(C2)N1C. The lowest BCUT2D eigenvalue weighted by atomic mass is 9.82. The Morgan fingerprint density at radius 1 is 1.39 bits per heavy atom. The van der Waals surface area contributed by atoms with Gasteiger partial charge in [-0.1, -0.05) is 0 Å². The maximum atomic E-state index is 6.08. The fourth-order valence-corrected chi connectivity index (χ4v) is 4.07. The monoisotopic (exact) mass is 252 g/mol. The third kappa shape index (κ3) is 1.72. The first-order chi connectivity index (χ1) is 8.66. The van der Waals surface area contributed by atoms with Crippen LogP contribution < -0.4 is 5.73 Å². The Hall–Kier alpha value is -0.810. The number of methoxy groups -OCH3 is 1. The van der Waals surface area contributed by atoms with E-state index in [4.69, 9.17) is 10.5 Å². The summed E-state index contributed by atoms with van der Waals surface area (Å²) in [6.45, 7) is 2.47. The van der Waals surface area contributed by atoms with Crippen LogP contribution in [0, 0.1) is 0 Å². The second-order valence-electron chi connectivity index (χ2n) is 6.00. The normalized spacial score (nSPS) is 39.7. The van der Waals surface area contributed by atoms with Gasteiger partial charge in [-0.25, -0.2) is 0 Å². The average Bonchev–Trinajstić information content (AvgIpc) is 2.74. The summed E-state index contributed by atoms with van der Waals surface area (Å²) in [6.07, 6.45) is 5.07. The van der Waals surface area contributed by atoms with E-state index in [9.17, 15) is 0 Å². The van der Waals surface area contributed by atoms with E-state index in [1.165, 1.54) is 25.7 Å². The fourth-order valence-electron chi connectivity index (χ4n) is 4.07. The van der Waals surface area contributed by atoms with Gasteiger partial charge >= 0.3 is 0 Å². The maximum Gasteiger partial charge on any atom is 0.191 e. The molecule has 2 fully saturated rings. The first-order valence-electron chi connectivity index (χ1n) is 6.95. The van der Waals surface area contributed by atoms with E-state index in [-0.39, 0.29) is 5.54 Å². The molecule has 2 N–H and O–H groups in total. The first kappa shape index (κ1) is 12.2. The number of ether oxygens (including phenoxy) is 1. The van der Waals surface area contributed by atoms with Gasteiger partial charge in [0.15, 0.2) is 5.96 Å². The van der Waals surface area contributed by atoms with Gasteiger partial charge in [-0.3, -0.25) is 4.99 Å². The van der Waals surface area contributed by atoms with Gasteiger partial charge in [0, 0.05) is 25.7 Å². The molecule has 0 saturated carbocycles. The van der Waals surface area contributed by atoms with Gasteiger partial charge in [0.25, 0.3) is 0 Å². The third-order valence-electron chi connectivity index (χ3n) is 5.12. The molecule has 2 unspecified atom stereocenters. The van der Waals surface area contributed by atoms with Gasteiger partial charge < -0.3 is 20.3 Å². The summed E-state index contributed by atoms with van der Waals surface area (Å²) in [7, 11) is 4.02. The molecule has 2 bridgehead atoms. The van der Waals surface area contributed by atoms with Crippen LogP contribution in [0.5, 0.6) is 0 Å². The highest BCUT2D eigenvalue weighted by molar-refractivity contribution is 5.81. The van der Waals surface area contributed by atoms with Gasteiger partial charge in [0.1, 0.15) is 0 Å². The topological polar surface area (TPSA) is 54.1 Å². The minimum Gasteiger partial charge on any atom is -0.383 e. The number of hydrogen-bond acceptors (Lipinski definition) is 5. The van der Waals surface area contributed by atoms with Gasteiger partial charge in [0.05, 0.1) is 18.7 Å². The lowest BCUT2D eigenvalue weighted by molar-refractivity contribution is 0.0384. The van der Waals surface area contributed by atoms with E-state index >= 15 is 0 Å². The Kier molecular flexibility index (Phi) is 2.98. The predicted molar refractivity (Wildman–Crippen MR) is 71.6 cm³/mol. The summed E-state index contributed by atoms with van der Waals surface area (Å²) in [5, 5.41) is 0. The molecule has 0 radical (unpaired) electrons. The van der Waals surface area contributed by atoms with Crippen molar-refractivity contribution >= 4 is 5.96 Å². The first-order valence-corrected chi connectivity index (χ1v) is 6.95. The van der Waals surface area contributed by atoms with Crippen molar-refractivity contribution < 1.29 is 4.74 Å². The van der Waals surface area contributed by atoms with Crippen LogP contribution in [0.15, 0.2) is 4.99 Å². The molecule has 2 atom stereocenters. The Morgan fingerprint density at radius 2 is 2.06 bits per heavy atom. The average molecular weight is 252 g/mol. The molecule has 0 aromatic rings. The Bertz CT molecular complexity index is 343. The van der Waals surface area contributed by atoms with Crippen molar-refractivity contribution in [3.63, 3.8) is 0 Å². The molecule has 0 aromatic carbocycles. The van der Waals surface area contributed by atoms with Crippen LogP contribution in [-0.2, 0) is 4.74 Å². The Balaban J connectivity index is 1.78. The van der Waals surface area contributed by atoms with Crippen molar-refractivity contribution in [3.05, 3.63) is 0 Å². The molecule has 102 valence electrons. The zero-order valence-corrected chi connectivity index (χ0v) is 11.4. The highest BCUT2D eigenvalue weighted by atomic mass is 16.5. The fraction of sp³-hybridized carbons (Fsp3) is 0.923. The van der Waals surface area contributed by atoms with Crippen molar-refractivity contribution in [3.8, 4) is 0 Å².